The van der Waals surface area contributed by atoms with Crippen molar-refractivity contribution in [3.63, 3.8) is 0 Å². The monoisotopic (exact) mass is 403 g/mol. The van der Waals surface area contributed by atoms with Gasteiger partial charge in [-0.25, -0.2) is 0 Å². The molecule has 0 aromatic heterocycles. The van der Waals surface area contributed by atoms with Crippen LogP contribution >= 0.6 is 0 Å². The molecule has 2 aromatic carbocycles. The average Bonchev–Trinajstić information content (AvgIpc) is 2.71. The second-order valence-corrected chi connectivity index (χ2v) is 8.01. The predicted octanol–water partition coefficient (Wildman–Crippen LogP) is 5.17. The van der Waals surface area contributed by atoms with Gasteiger partial charge < -0.3 is 15.5 Å². The van der Waals surface area contributed by atoms with Crippen molar-refractivity contribution in [1.82, 2.24) is 5.32 Å². The van der Waals surface area contributed by atoms with Crippen LogP contribution < -0.4 is 15.5 Å². The molecule has 0 saturated heterocycles. The zero-order valence-electron chi connectivity index (χ0n) is 16.8. The number of benzene rings is 2. The Morgan fingerprint density at radius 3 is 2.79 bits per heavy atom. The van der Waals surface area contributed by atoms with Crippen molar-refractivity contribution in [1.29, 1.82) is 0 Å². The Balaban J connectivity index is 1.57. The van der Waals surface area contributed by atoms with E-state index in [1.807, 2.05) is 0 Å². The molecular formula is C23H28F3N3. The molecule has 3 nitrogen and oxygen atoms in total. The normalized spacial score (nSPS) is 18.5. The average molecular weight is 403 g/mol. The summed E-state index contributed by atoms with van der Waals surface area (Å²) < 4.78 is 38.9. The van der Waals surface area contributed by atoms with E-state index < -0.39 is 11.7 Å². The molecule has 6 heteroatoms. The van der Waals surface area contributed by atoms with E-state index in [0.29, 0.717) is 18.0 Å². The molecule has 4 rings (SSSR count). The van der Waals surface area contributed by atoms with Crippen LogP contribution in [0.2, 0.25) is 0 Å². The molecule has 2 heterocycles. The summed E-state index contributed by atoms with van der Waals surface area (Å²) in [6, 6.07) is 9.96. The number of rotatable bonds is 6. The fourth-order valence-electron chi connectivity index (χ4n) is 4.56. The quantitative estimate of drug-likeness (QED) is 0.697. The van der Waals surface area contributed by atoms with E-state index in [1.165, 1.54) is 28.9 Å². The number of nitrogens with one attached hydrogen (secondary N) is 2. The third-order valence-corrected chi connectivity index (χ3v) is 5.99. The molecule has 2 aliphatic heterocycles. The lowest BCUT2D eigenvalue weighted by atomic mass is 9.84. The Bertz CT molecular complexity index is 863. The van der Waals surface area contributed by atoms with E-state index in [-0.39, 0.29) is 0 Å². The smallest absolute Gasteiger partial charge is 0.381 e. The van der Waals surface area contributed by atoms with Crippen LogP contribution in [0.1, 0.15) is 47.9 Å². The topological polar surface area (TPSA) is 27.3 Å². The van der Waals surface area contributed by atoms with Crippen molar-refractivity contribution in [3.05, 3.63) is 58.7 Å². The van der Waals surface area contributed by atoms with E-state index in [1.54, 1.807) is 6.07 Å². The molecule has 0 bridgehead atoms. The number of hydrogen-bond donors (Lipinski definition) is 2. The summed E-state index contributed by atoms with van der Waals surface area (Å²) in [5, 5.41) is 6.86. The van der Waals surface area contributed by atoms with Crippen LogP contribution in [0.5, 0.6) is 0 Å². The molecule has 29 heavy (non-hydrogen) atoms. The van der Waals surface area contributed by atoms with Gasteiger partial charge in [-0.1, -0.05) is 19.1 Å². The SMILES string of the molecule is CCNC[C@@H]1CCN2CCCc3cc(NCc4cccc(C(F)(F)F)c4)cc1c32. The Hall–Kier alpha value is -2.21. The second-order valence-electron chi connectivity index (χ2n) is 8.01. The predicted molar refractivity (Wildman–Crippen MR) is 112 cm³/mol. The van der Waals surface area contributed by atoms with E-state index in [9.17, 15) is 13.2 Å². The highest BCUT2D eigenvalue weighted by molar-refractivity contribution is 5.69. The van der Waals surface area contributed by atoms with E-state index in [2.05, 4.69) is 34.6 Å². The highest BCUT2D eigenvalue weighted by atomic mass is 19.4. The van der Waals surface area contributed by atoms with Crippen molar-refractivity contribution in [2.75, 3.05) is 36.4 Å². The fourth-order valence-corrected chi connectivity index (χ4v) is 4.56. The van der Waals surface area contributed by atoms with Crippen molar-refractivity contribution in [2.24, 2.45) is 0 Å². The molecule has 0 amide bonds. The lowest BCUT2D eigenvalue weighted by molar-refractivity contribution is -0.137. The molecule has 0 unspecified atom stereocenters. The van der Waals surface area contributed by atoms with Gasteiger partial charge in [0.15, 0.2) is 0 Å². The molecule has 0 saturated carbocycles. The number of anilines is 2. The van der Waals surface area contributed by atoms with Crippen LogP contribution in [0.25, 0.3) is 0 Å². The summed E-state index contributed by atoms with van der Waals surface area (Å²) in [5.74, 6) is 0.480. The first-order valence-corrected chi connectivity index (χ1v) is 10.5. The van der Waals surface area contributed by atoms with Gasteiger partial charge in [-0.05, 0) is 66.8 Å². The summed E-state index contributed by atoms with van der Waals surface area (Å²) >= 11 is 0. The minimum Gasteiger partial charge on any atom is -0.381 e. The Kier molecular flexibility index (Phi) is 5.72. The molecule has 2 aliphatic rings. The zero-order chi connectivity index (χ0) is 20.4. The van der Waals surface area contributed by atoms with Crippen molar-refractivity contribution < 1.29 is 13.2 Å². The van der Waals surface area contributed by atoms with E-state index in [0.717, 1.165) is 57.2 Å². The third-order valence-electron chi connectivity index (χ3n) is 5.99. The van der Waals surface area contributed by atoms with Crippen LogP contribution in [0, 0.1) is 0 Å². The summed E-state index contributed by atoms with van der Waals surface area (Å²) in [7, 11) is 0. The number of likely N-dealkylation sites (N-methyl/N-ethyl adjacent to an activating group) is 1. The maximum absolute atomic E-state index is 13.0. The molecule has 0 spiro atoms. The Labute approximate surface area is 170 Å². The highest BCUT2D eigenvalue weighted by Gasteiger charge is 2.31. The fraction of sp³-hybridized carbons (Fsp3) is 0.478. The molecule has 2 aromatic rings. The van der Waals surface area contributed by atoms with Crippen LogP contribution in [0.15, 0.2) is 36.4 Å². The van der Waals surface area contributed by atoms with Gasteiger partial charge in [0.05, 0.1) is 5.56 Å². The second kappa shape index (κ2) is 8.27. The van der Waals surface area contributed by atoms with Gasteiger partial charge in [0.25, 0.3) is 0 Å². The van der Waals surface area contributed by atoms with Gasteiger partial charge in [-0.2, -0.15) is 13.2 Å². The van der Waals surface area contributed by atoms with Crippen LogP contribution in [-0.4, -0.2) is 26.2 Å². The van der Waals surface area contributed by atoms with E-state index in [4.69, 9.17) is 0 Å². The van der Waals surface area contributed by atoms with Crippen molar-refractivity contribution in [3.8, 4) is 0 Å². The Morgan fingerprint density at radius 1 is 1.14 bits per heavy atom. The number of halogens is 3. The maximum Gasteiger partial charge on any atom is 0.416 e. The first kappa shape index (κ1) is 20.1. The van der Waals surface area contributed by atoms with Crippen molar-refractivity contribution >= 4 is 11.4 Å². The number of nitrogens with zero attached hydrogens (tertiary/aromatic N) is 1. The number of hydrogen-bond acceptors (Lipinski definition) is 3. The molecule has 1 atom stereocenters. The maximum atomic E-state index is 13.0. The van der Waals surface area contributed by atoms with Gasteiger partial charge in [-0.15, -0.1) is 0 Å². The first-order chi connectivity index (χ1) is 14.0. The molecule has 156 valence electrons. The standard InChI is InChI=1S/C23H28F3N3/c1-2-27-15-18-8-10-29-9-4-6-17-12-20(13-21(18)22(17)29)28-14-16-5-3-7-19(11-16)23(24,25)26/h3,5,7,11-13,18,27-28H,2,4,6,8-10,14-15H2,1H3/t18-/m0/s1. The van der Waals surface area contributed by atoms with Crippen molar-refractivity contribution in [2.45, 2.75) is 44.8 Å². The van der Waals surface area contributed by atoms with Crippen LogP contribution in [0.3, 0.4) is 0 Å². The molecule has 2 N–H and O–H groups in total. The van der Waals surface area contributed by atoms with Gasteiger partial charge in [0, 0.05) is 43.5 Å². The summed E-state index contributed by atoms with van der Waals surface area (Å²) in [4.78, 5) is 2.51. The zero-order valence-corrected chi connectivity index (χ0v) is 16.8. The lowest BCUT2D eigenvalue weighted by Crippen LogP contribution is -2.38. The van der Waals surface area contributed by atoms with Crippen LogP contribution in [-0.2, 0) is 19.1 Å². The van der Waals surface area contributed by atoms with Gasteiger partial charge in [-0.3, -0.25) is 0 Å². The number of alkyl halides is 3. The van der Waals surface area contributed by atoms with E-state index >= 15 is 0 Å². The van der Waals surface area contributed by atoms with Gasteiger partial charge in [0.2, 0.25) is 0 Å². The summed E-state index contributed by atoms with van der Waals surface area (Å²) in [6.45, 7) is 6.64. The van der Waals surface area contributed by atoms with Gasteiger partial charge >= 0.3 is 6.18 Å². The van der Waals surface area contributed by atoms with Gasteiger partial charge in [0.1, 0.15) is 0 Å². The lowest BCUT2D eigenvalue weighted by Gasteiger charge is -2.40. The minimum atomic E-state index is -4.31. The highest BCUT2D eigenvalue weighted by Crippen LogP contribution is 2.42. The van der Waals surface area contributed by atoms with Crippen LogP contribution in [0.4, 0.5) is 24.5 Å². The largest absolute Gasteiger partial charge is 0.416 e. The summed E-state index contributed by atoms with van der Waals surface area (Å²) in [6.07, 6.45) is -0.960. The first-order valence-electron chi connectivity index (χ1n) is 10.5. The number of aryl methyl sites for hydroxylation is 1. The Morgan fingerprint density at radius 2 is 2.00 bits per heavy atom. The minimum absolute atomic E-state index is 0.379. The molecule has 0 aliphatic carbocycles. The third kappa shape index (κ3) is 4.37. The molecule has 0 radical (unpaired) electrons. The summed E-state index contributed by atoms with van der Waals surface area (Å²) in [5.41, 5.74) is 5.18. The molecule has 0 fully saturated rings. The molecular weight excluding hydrogens is 375 g/mol.